The quantitative estimate of drug-likeness (QED) is 0.790. The Morgan fingerprint density at radius 1 is 1.29 bits per heavy atom. The van der Waals surface area contributed by atoms with Gasteiger partial charge in [0, 0.05) is 6.54 Å². The van der Waals surface area contributed by atoms with Gasteiger partial charge in [-0.25, -0.2) is 0 Å². The molecule has 4 nitrogen and oxygen atoms in total. The number of nitrogens with zero attached hydrogens (tertiary/aromatic N) is 1. The van der Waals surface area contributed by atoms with Crippen LogP contribution in [0.4, 0.5) is 0 Å². The van der Waals surface area contributed by atoms with Crippen LogP contribution < -0.4 is 5.32 Å². The van der Waals surface area contributed by atoms with Crippen molar-refractivity contribution in [2.75, 3.05) is 13.1 Å². The van der Waals surface area contributed by atoms with Gasteiger partial charge >= 0.3 is 0 Å². The predicted octanol–water partition coefficient (Wildman–Crippen LogP) is 1.41. The zero-order chi connectivity index (χ0) is 13.0. The van der Waals surface area contributed by atoms with E-state index in [0.29, 0.717) is 12.5 Å². The van der Waals surface area contributed by atoms with Gasteiger partial charge in [-0.1, -0.05) is 40.5 Å². The molecule has 0 aromatic carbocycles. The summed E-state index contributed by atoms with van der Waals surface area (Å²) in [7, 11) is 0. The highest BCUT2D eigenvalue weighted by atomic mass is 16.2. The molecule has 2 amide bonds. The first-order valence-electron chi connectivity index (χ1n) is 6.58. The summed E-state index contributed by atoms with van der Waals surface area (Å²) in [6, 6.07) is -0.295. The molecule has 1 unspecified atom stereocenters. The molecule has 98 valence electrons. The molecule has 0 aromatic rings. The normalized spacial score (nSPS) is 21.3. The van der Waals surface area contributed by atoms with Crippen LogP contribution in [0.5, 0.6) is 0 Å². The molecule has 1 rings (SSSR count). The number of hydrogen-bond acceptors (Lipinski definition) is 2. The minimum Gasteiger partial charge on any atom is -0.345 e. The topological polar surface area (TPSA) is 49.4 Å². The summed E-state index contributed by atoms with van der Waals surface area (Å²) in [5.74, 6) is 0.695. The highest BCUT2D eigenvalue weighted by Crippen LogP contribution is 2.19. The van der Waals surface area contributed by atoms with Crippen molar-refractivity contribution in [3.05, 3.63) is 0 Å². The fourth-order valence-corrected chi connectivity index (χ4v) is 2.37. The van der Waals surface area contributed by atoms with E-state index in [4.69, 9.17) is 0 Å². The molecular formula is C13H24N2O2. The number of nitrogens with one attached hydrogen (secondary N) is 1. The first kappa shape index (κ1) is 14.0. The van der Waals surface area contributed by atoms with Crippen LogP contribution in [0.1, 0.15) is 40.5 Å². The van der Waals surface area contributed by atoms with Gasteiger partial charge in [-0.15, -0.1) is 0 Å². The van der Waals surface area contributed by atoms with E-state index in [2.05, 4.69) is 19.2 Å². The van der Waals surface area contributed by atoms with Crippen LogP contribution in [0.3, 0.4) is 0 Å². The van der Waals surface area contributed by atoms with E-state index < -0.39 is 0 Å². The summed E-state index contributed by atoms with van der Waals surface area (Å²) in [5, 5.41) is 2.67. The standard InChI is InChI=1S/C13H24N2O2/c1-5-10(6-2)8-15-11(16)7-14-13(17)12(15)9(3)4/h9-10,12H,5-8H2,1-4H3,(H,14,17). The lowest BCUT2D eigenvalue weighted by Gasteiger charge is -2.38. The van der Waals surface area contributed by atoms with Gasteiger partial charge in [0.2, 0.25) is 11.8 Å². The SMILES string of the molecule is CCC(CC)CN1C(=O)CNC(=O)C1C(C)C. The van der Waals surface area contributed by atoms with Crippen LogP contribution in [0.25, 0.3) is 0 Å². The minimum absolute atomic E-state index is 0.00874. The molecule has 1 aliphatic rings. The Balaban J connectivity index is 2.81. The molecule has 0 aliphatic carbocycles. The monoisotopic (exact) mass is 240 g/mol. The van der Waals surface area contributed by atoms with E-state index >= 15 is 0 Å². The summed E-state index contributed by atoms with van der Waals surface area (Å²) in [6.07, 6.45) is 2.10. The second-order valence-electron chi connectivity index (χ2n) is 5.14. The van der Waals surface area contributed by atoms with Crippen LogP contribution in [-0.2, 0) is 9.59 Å². The summed E-state index contributed by atoms with van der Waals surface area (Å²) >= 11 is 0. The van der Waals surface area contributed by atoms with Crippen molar-refractivity contribution in [1.82, 2.24) is 10.2 Å². The van der Waals surface area contributed by atoms with Crippen LogP contribution in [0.15, 0.2) is 0 Å². The number of amides is 2. The van der Waals surface area contributed by atoms with Gasteiger partial charge in [-0.3, -0.25) is 9.59 Å². The molecule has 1 atom stereocenters. The largest absolute Gasteiger partial charge is 0.345 e. The average Bonchev–Trinajstić information content (AvgIpc) is 2.29. The molecule has 0 saturated carbocycles. The van der Waals surface area contributed by atoms with Crippen molar-refractivity contribution in [2.45, 2.75) is 46.6 Å². The maximum atomic E-state index is 11.9. The van der Waals surface area contributed by atoms with Gasteiger partial charge in [0.15, 0.2) is 0 Å². The third-order valence-electron chi connectivity index (χ3n) is 3.58. The van der Waals surface area contributed by atoms with E-state index in [0.717, 1.165) is 12.8 Å². The lowest BCUT2D eigenvalue weighted by atomic mass is 9.96. The Labute approximate surface area is 104 Å². The molecular weight excluding hydrogens is 216 g/mol. The van der Waals surface area contributed by atoms with Crippen molar-refractivity contribution in [1.29, 1.82) is 0 Å². The zero-order valence-corrected chi connectivity index (χ0v) is 11.3. The van der Waals surface area contributed by atoms with Crippen LogP contribution in [0, 0.1) is 11.8 Å². The maximum absolute atomic E-state index is 11.9. The average molecular weight is 240 g/mol. The van der Waals surface area contributed by atoms with Crippen molar-refractivity contribution in [2.24, 2.45) is 11.8 Å². The molecule has 4 heteroatoms. The number of carbonyl (C=O) groups excluding carboxylic acids is 2. The van der Waals surface area contributed by atoms with E-state index in [1.807, 2.05) is 13.8 Å². The van der Waals surface area contributed by atoms with Gasteiger partial charge in [0.05, 0.1) is 6.54 Å². The molecule has 0 aromatic heterocycles. The van der Waals surface area contributed by atoms with Crippen LogP contribution in [-0.4, -0.2) is 35.8 Å². The fraction of sp³-hybridized carbons (Fsp3) is 0.846. The highest BCUT2D eigenvalue weighted by Gasteiger charge is 2.36. The smallest absolute Gasteiger partial charge is 0.243 e. The molecule has 1 aliphatic heterocycles. The molecule has 0 spiro atoms. The summed E-state index contributed by atoms with van der Waals surface area (Å²) in [6.45, 7) is 9.11. The van der Waals surface area contributed by atoms with Gasteiger partial charge in [-0.05, 0) is 11.8 Å². The molecule has 0 radical (unpaired) electrons. The lowest BCUT2D eigenvalue weighted by Crippen LogP contribution is -2.61. The predicted molar refractivity (Wildman–Crippen MR) is 67.4 cm³/mol. The third-order valence-corrected chi connectivity index (χ3v) is 3.58. The molecule has 1 fully saturated rings. The molecule has 0 bridgehead atoms. The van der Waals surface area contributed by atoms with E-state index in [-0.39, 0.29) is 30.3 Å². The van der Waals surface area contributed by atoms with Gasteiger partial charge in [0.1, 0.15) is 6.04 Å². The Kier molecular flexibility index (Phi) is 4.97. The second kappa shape index (κ2) is 6.03. The molecule has 1 saturated heterocycles. The van der Waals surface area contributed by atoms with E-state index in [1.54, 1.807) is 4.90 Å². The minimum atomic E-state index is -0.295. The maximum Gasteiger partial charge on any atom is 0.243 e. The van der Waals surface area contributed by atoms with Crippen LogP contribution in [0.2, 0.25) is 0 Å². The van der Waals surface area contributed by atoms with Crippen LogP contribution >= 0.6 is 0 Å². The van der Waals surface area contributed by atoms with Crippen molar-refractivity contribution in [3.63, 3.8) is 0 Å². The van der Waals surface area contributed by atoms with Crippen molar-refractivity contribution in [3.8, 4) is 0 Å². The highest BCUT2D eigenvalue weighted by molar-refractivity contribution is 5.94. The number of carbonyl (C=O) groups is 2. The van der Waals surface area contributed by atoms with Gasteiger partial charge in [0.25, 0.3) is 0 Å². The number of rotatable bonds is 5. The van der Waals surface area contributed by atoms with Gasteiger partial charge < -0.3 is 10.2 Å². The summed E-state index contributed by atoms with van der Waals surface area (Å²) in [5.41, 5.74) is 0. The van der Waals surface area contributed by atoms with E-state index in [1.165, 1.54) is 0 Å². The summed E-state index contributed by atoms with van der Waals surface area (Å²) < 4.78 is 0. The fourth-order valence-electron chi connectivity index (χ4n) is 2.37. The Bertz CT molecular complexity index is 285. The Morgan fingerprint density at radius 3 is 2.35 bits per heavy atom. The molecule has 1 N–H and O–H groups in total. The Morgan fingerprint density at radius 2 is 1.88 bits per heavy atom. The number of hydrogen-bond donors (Lipinski definition) is 1. The number of piperazine rings is 1. The van der Waals surface area contributed by atoms with Gasteiger partial charge in [-0.2, -0.15) is 0 Å². The zero-order valence-electron chi connectivity index (χ0n) is 11.3. The first-order valence-corrected chi connectivity index (χ1v) is 6.58. The van der Waals surface area contributed by atoms with Crippen molar-refractivity contribution < 1.29 is 9.59 Å². The second-order valence-corrected chi connectivity index (χ2v) is 5.14. The summed E-state index contributed by atoms with van der Waals surface area (Å²) in [4.78, 5) is 25.6. The third kappa shape index (κ3) is 3.20. The van der Waals surface area contributed by atoms with E-state index in [9.17, 15) is 9.59 Å². The van der Waals surface area contributed by atoms with Crippen molar-refractivity contribution >= 4 is 11.8 Å². The lowest BCUT2D eigenvalue weighted by molar-refractivity contribution is -0.148. The molecule has 1 heterocycles. The molecule has 17 heavy (non-hydrogen) atoms. The first-order chi connectivity index (χ1) is 8.01. The Hall–Kier alpha value is -1.06.